The normalized spacial score (nSPS) is 10.2. The molecule has 0 saturated carbocycles. The van der Waals surface area contributed by atoms with Gasteiger partial charge in [0.05, 0.1) is 6.42 Å². The molecule has 0 aromatic heterocycles. The molecule has 23 heavy (non-hydrogen) atoms. The third-order valence-corrected chi connectivity index (χ3v) is 3.39. The number of carbonyl (C=O) groups is 2. The number of amides is 1. The van der Waals surface area contributed by atoms with Crippen LogP contribution in [0.4, 0.5) is 5.69 Å². The molecule has 2 aromatic carbocycles. The standard InChI is InChI=1S/C17H15Cl2NO3/c1-11-2-4-15(5-3-11)23-17(22)7-6-16(21)20-14-9-12(18)8-13(19)10-14/h2-5,8-10H,6-7H2,1H3,(H,20,21). The molecule has 4 nitrogen and oxygen atoms in total. The van der Waals surface area contributed by atoms with Gasteiger partial charge in [-0.05, 0) is 37.3 Å². The predicted molar refractivity (Wildman–Crippen MR) is 91.1 cm³/mol. The molecule has 0 aliphatic rings. The Morgan fingerprint density at radius 1 is 1.00 bits per heavy atom. The third-order valence-electron chi connectivity index (χ3n) is 2.96. The predicted octanol–water partition coefficient (Wildman–Crippen LogP) is 4.63. The first-order valence-electron chi connectivity index (χ1n) is 6.95. The summed E-state index contributed by atoms with van der Waals surface area (Å²) in [4.78, 5) is 23.5. The van der Waals surface area contributed by atoms with Gasteiger partial charge in [0.2, 0.25) is 5.91 Å². The molecule has 0 heterocycles. The highest BCUT2D eigenvalue weighted by Crippen LogP contribution is 2.22. The van der Waals surface area contributed by atoms with Crippen LogP contribution in [0.2, 0.25) is 10.0 Å². The largest absolute Gasteiger partial charge is 0.427 e. The minimum Gasteiger partial charge on any atom is -0.427 e. The fraction of sp³-hybridized carbons (Fsp3) is 0.176. The summed E-state index contributed by atoms with van der Waals surface area (Å²) in [6.45, 7) is 1.94. The number of nitrogens with one attached hydrogen (secondary N) is 1. The number of benzene rings is 2. The average Bonchev–Trinajstić information content (AvgIpc) is 2.46. The van der Waals surface area contributed by atoms with Crippen molar-refractivity contribution in [2.45, 2.75) is 19.8 Å². The molecule has 6 heteroatoms. The Bertz CT molecular complexity index is 694. The van der Waals surface area contributed by atoms with E-state index in [9.17, 15) is 9.59 Å². The summed E-state index contributed by atoms with van der Waals surface area (Å²) in [6.07, 6.45) is -0.0111. The van der Waals surface area contributed by atoms with Gasteiger partial charge in [-0.3, -0.25) is 9.59 Å². The Morgan fingerprint density at radius 2 is 1.61 bits per heavy atom. The number of hydrogen-bond acceptors (Lipinski definition) is 3. The Kier molecular flexibility index (Phi) is 6.02. The van der Waals surface area contributed by atoms with Crippen LogP contribution in [0.5, 0.6) is 5.75 Å². The smallest absolute Gasteiger partial charge is 0.311 e. The fourth-order valence-electron chi connectivity index (χ4n) is 1.85. The van der Waals surface area contributed by atoms with Crippen LogP contribution in [0.25, 0.3) is 0 Å². The molecule has 0 saturated heterocycles. The van der Waals surface area contributed by atoms with Crippen molar-refractivity contribution in [1.29, 1.82) is 0 Å². The maximum Gasteiger partial charge on any atom is 0.311 e. The van der Waals surface area contributed by atoms with Crippen molar-refractivity contribution in [3.8, 4) is 5.75 Å². The molecular weight excluding hydrogens is 337 g/mol. The second kappa shape index (κ2) is 7.99. The number of halogens is 2. The summed E-state index contributed by atoms with van der Waals surface area (Å²) in [5.74, 6) is -0.319. The Hall–Kier alpha value is -2.04. The van der Waals surface area contributed by atoms with Gasteiger partial charge < -0.3 is 10.1 Å². The molecule has 0 aliphatic heterocycles. The topological polar surface area (TPSA) is 55.4 Å². The van der Waals surface area contributed by atoms with E-state index < -0.39 is 5.97 Å². The molecule has 2 aromatic rings. The second-order valence-electron chi connectivity index (χ2n) is 4.99. The van der Waals surface area contributed by atoms with Crippen molar-refractivity contribution < 1.29 is 14.3 Å². The SMILES string of the molecule is Cc1ccc(OC(=O)CCC(=O)Nc2cc(Cl)cc(Cl)c2)cc1. The minimum atomic E-state index is -0.465. The number of esters is 1. The fourth-order valence-corrected chi connectivity index (χ4v) is 2.38. The van der Waals surface area contributed by atoms with Crippen LogP contribution in [-0.4, -0.2) is 11.9 Å². The Balaban J connectivity index is 1.81. The van der Waals surface area contributed by atoms with Gasteiger partial charge in [-0.1, -0.05) is 40.9 Å². The van der Waals surface area contributed by atoms with Crippen molar-refractivity contribution in [3.63, 3.8) is 0 Å². The summed E-state index contributed by atoms with van der Waals surface area (Å²) < 4.78 is 5.15. The van der Waals surface area contributed by atoms with Crippen molar-refractivity contribution in [1.82, 2.24) is 0 Å². The third kappa shape index (κ3) is 5.93. The summed E-state index contributed by atoms with van der Waals surface area (Å²) in [5.41, 5.74) is 1.56. The van der Waals surface area contributed by atoms with Crippen LogP contribution in [0.1, 0.15) is 18.4 Å². The van der Waals surface area contributed by atoms with Gasteiger partial charge in [-0.25, -0.2) is 0 Å². The van der Waals surface area contributed by atoms with Gasteiger partial charge in [0.25, 0.3) is 0 Å². The number of aryl methyl sites for hydroxylation is 1. The first-order valence-corrected chi connectivity index (χ1v) is 7.71. The van der Waals surface area contributed by atoms with Crippen LogP contribution < -0.4 is 10.1 Å². The van der Waals surface area contributed by atoms with E-state index in [1.54, 1.807) is 30.3 Å². The first kappa shape index (κ1) is 17.3. The van der Waals surface area contributed by atoms with Crippen LogP contribution in [0.3, 0.4) is 0 Å². The highest BCUT2D eigenvalue weighted by Gasteiger charge is 2.10. The number of hydrogen-bond donors (Lipinski definition) is 1. The molecule has 1 N–H and O–H groups in total. The molecule has 0 fully saturated rings. The van der Waals surface area contributed by atoms with Crippen LogP contribution in [0.15, 0.2) is 42.5 Å². The molecule has 0 unspecified atom stereocenters. The number of ether oxygens (including phenoxy) is 1. The molecule has 0 aliphatic carbocycles. The lowest BCUT2D eigenvalue weighted by Crippen LogP contribution is -2.15. The Morgan fingerprint density at radius 3 is 2.22 bits per heavy atom. The van der Waals surface area contributed by atoms with E-state index in [1.165, 1.54) is 0 Å². The lowest BCUT2D eigenvalue weighted by Gasteiger charge is -2.07. The van der Waals surface area contributed by atoms with Gasteiger partial charge >= 0.3 is 5.97 Å². The second-order valence-corrected chi connectivity index (χ2v) is 5.87. The first-order chi connectivity index (χ1) is 10.9. The van der Waals surface area contributed by atoms with E-state index >= 15 is 0 Å². The molecule has 2 rings (SSSR count). The zero-order valence-corrected chi connectivity index (χ0v) is 13.9. The molecule has 0 spiro atoms. The van der Waals surface area contributed by atoms with E-state index in [2.05, 4.69) is 5.32 Å². The van der Waals surface area contributed by atoms with E-state index in [0.717, 1.165) is 5.56 Å². The summed E-state index contributed by atoms with van der Waals surface area (Å²) >= 11 is 11.7. The van der Waals surface area contributed by atoms with Crippen LogP contribution in [0, 0.1) is 6.92 Å². The zero-order valence-electron chi connectivity index (χ0n) is 12.4. The van der Waals surface area contributed by atoms with Crippen molar-refractivity contribution in [2.24, 2.45) is 0 Å². The monoisotopic (exact) mass is 351 g/mol. The maximum atomic E-state index is 11.8. The number of anilines is 1. The van der Waals surface area contributed by atoms with Gasteiger partial charge in [-0.15, -0.1) is 0 Å². The van der Waals surface area contributed by atoms with E-state index in [0.29, 0.717) is 21.5 Å². The quantitative estimate of drug-likeness (QED) is 0.631. The molecule has 1 amide bonds. The number of rotatable bonds is 5. The summed E-state index contributed by atoms with van der Waals surface area (Å²) in [6, 6.07) is 11.8. The van der Waals surface area contributed by atoms with Gasteiger partial charge in [0.15, 0.2) is 0 Å². The molecular formula is C17H15Cl2NO3. The van der Waals surface area contributed by atoms with Gasteiger partial charge in [0, 0.05) is 22.2 Å². The lowest BCUT2D eigenvalue weighted by molar-refractivity contribution is -0.135. The van der Waals surface area contributed by atoms with E-state index in [-0.39, 0.29) is 18.7 Å². The minimum absolute atomic E-state index is 0.00876. The van der Waals surface area contributed by atoms with Crippen LogP contribution >= 0.6 is 23.2 Å². The maximum absolute atomic E-state index is 11.8. The van der Waals surface area contributed by atoms with Crippen molar-refractivity contribution >= 4 is 40.8 Å². The zero-order chi connectivity index (χ0) is 16.8. The van der Waals surface area contributed by atoms with Gasteiger partial charge in [-0.2, -0.15) is 0 Å². The summed E-state index contributed by atoms with van der Waals surface area (Å²) in [5, 5.41) is 3.48. The lowest BCUT2D eigenvalue weighted by atomic mass is 10.2. The number of carbonyl (C=O) groups excluding carboxylic acids is 2. The average molecular weight is 352 g/mol. The van der Waals surface area contributed by atoms with Crippen molar-refractivity contribution in [3.05, 3.63) is 58.1 Å². The molecule has 0 radical (unpaired) electrons. The van der Waals surface area contributed by atoms with Crippen LogP contribution in [-0.2, 0) is 9.59 Å². The highest BCUT2D eigenvalue weighted by molar-refractivity contribution is 6.35. The van der Waals surface area contributed by atoms with Crippen molar-refractivity contribution in [2.75, 3.05) is 5.32 Å². The van der Waals surface area contributed by atoms with Gasteiger partial charge in [0.1, 0.15) is 5.75 Å². The Labute approximate surface area is 144 Å². The van der Waals surface area contributed by atoms with E-state index in [4.69, 9.17) is 27.9 Å². The highest BCUT2D eigenvalue weighted by atomic mass is 35.5. The molecule has 0 atom stereocenters. The molecule has 120 valence electrons. The van der Waals surface area contributed by atoms with E-state index in [1.807, 2.05) is 19.1 Å². The molecule has 0 bridgehead atoms. The summed E-state index contributed by atoms with van der Waals surface area (Å²) in [7, 11) is 0.